The van der Waals surface area contributed by atoms with Crippen molar-refractivity contribution < 1.29 is 9.90 Å². The fourth-order valence-electron chi connectivity index (χ4n) is 2.10. The number of aliphatic hydroxyl groups excluding tert-OH is 1. The van der Waals surface area contributed by atoms with E-state index in [0.29, 0.717) is 13.1 Å². The number of aliphatic hydroxyl groups is 1. The molecule has 1 aliphatic rings. The smallest absolute Gasteiger partial charge is 0.255 e. The van der Waals surface area contributed by atoms with E-state index in [1.54, 1.807) is 28.0 Å². The van der Waals surface area contributed by atoms with E-state index in [4.69, 9.17) is 0 Å². The van der Waals surface area contributed by atoms with Gasteiger partial charge in [-0.25, -0.2) is 0 Å². The number of benzene rings is 1. The summed E-state index contributed by atoms with van der Waals surface area (Å²) in [6.07, 6.45) is -0.357. The molecule has 104 valence electrons. The average molecular weight is 305 g/mol. The van der Waals surface area contributed by atoms with Crippen LogP contribution in [0, 0.1) is 0 Å². The lowest BCUT2D eigenvalue weighted by Gasteiger charge is -2.36. The maximum absolute atomic E-state index is 12.4. The number of carbonyl (C=O) groups excluding carboxylic acids is 1. The Morgan fingerprint density at radius 3 is 2.80 bits per heavy atom. The molecule has 0 unspecified atom stereocenters. The maximum atomic E-state index is 12.4. The highest BCUT2D eigenvalue weighted by atomic mass is 32.2. The van der Waals surface area contributed by atoms with Crippen LogP contribution in [0.1, 0.15) is 15.2 Å². The van der Waals surface area contributed by atoms with Crippen LogP contribution in [0.25, 0.3) is 0 Å². The molecule has 1 N–H and O–H groups in total. The van der Waals surface area contributed by atoms with Crippen molar-refractivity contribution >= 4 is 29.0 Å². The van der Waals surface area contributed by atoms with E-state index in [1.165, 1.54) is 4.88 Å². The number of β-amino-alcohol motifs (C(OH)–C–C–N with tert-alkyl or cyclic N) is 1. The molecule has 3 nitrogen and oxygen atoms in total. The van der Waals surface area contributed by atoms with Crippen molar-refractivity contribution in [3.05, 3.63) is 52.2 Å². The first kappa shape index (κ1) is 13.7. The monoisotopic (exact) mass is 305 g/mol. The molecule has 3 rings (SSSR count). The van der Waals surface area contributed by atoms with Crippen LogP contribution in [0.15, 0.2) is 46.7 Å². The van der Waals surface area contributed by atoms with Crippen LogP contribution in [0.2, 0.25) is 0 Å². The average Bonchev–Trinajstić information content (AvgIpc) is 2.94. The summed E-state index contributed by atoms with van der Waals surface area (Å²) in [5.41, 5.74) is 0.737. The molecule has 1 fully saturated rings. The number of rotatable bonds is 4. The molecule has 0 radical (unpaired) electrons. The quantitative estimate of drug-likeness (QED) is 0.883. The van der Waals surface area contributed by atoms with Gasteiger partial charge in [-0.3, -0.25) is 4.79 Å². The summed E-state index contributed by atoms with van der Waals surface area (Å²) in [6, 6.07) is 11.8. The lowest BCUT2D eigenvalue weighted by atomic mass is 10.1. The van der Waals surface area contributed by atoms with E-state index < -0.39 is 0 Å². The lowest BCUT2D eigenvalue weighted by molar-refractivity contribution is 0.00566. The Hall–Kier alpha value is -1.30. The number of thioether (sulfide) groups is 1. The minimum atomic E-state index is -0.357. The highest BCUT2D eigenvalue weighted by Gasteiger charge is 2.30. The van der Waals surface area contributed by atoms with Crippen LogP contribution in [0.5, 0.6) is 0 Å². The normalized spacial score (nSPS) is 15.2. The first-order chi connectivity index (χ1) is 9.74. The zero-order valence-corrected chi connectivity index (χ0v) is 12.5. The first-order valence-electron chi connectivity index (χ1n) is 6.45. The van der Waals surface area contributed by atoms with Gasteiger partial charge in [-0.2, -0.15) is 0 Å². The molecule has 5 heteroatoms. The largest absolute Gasteiger partial charge is 0.389 e. The fourth-order valence-corrected chi connectivity index (χ4v) is 3.92. The molecule has 0 aliphatic carbocycles. The molecule has 1 aliphatic heterocycles. The molecule has 0 bridgehead atoms. The SMILES string of the molecule is O=C(c1ccccc1SCc1cccs1)N1CC(O)C1. The molecule has 0 spiro atoms. The lowest BCUT2D eigenvalue weighted by Crippen LogP contribution is -2.53. The number of likely N-dealkylation sites (tertiary alicyclic amines) is 1. The Morgan fingerprint density at radius 1 is 1.30 bits per heavy atom. The van der Waals surface area contributed by atoms with Crippen LogP contribution in [0.3, 0.4) is 0 Å². The second kappa shape index (κ2) is 5.99. The molecule has 2 heterocycles. The van der Waals surface area contributed by atoms with Gasteiger partial charge in [-0.05, 0) is 23.6 Å². The standard InChI is InChI=1S/C15H15NO2S2/c17-11-8-16(9-11)15(18)13-5-1-2-6-14(13)20-10-12-4-3-7-19-12/h1-7,11,17H,8-10H2. The molecular formula is C15H15NO2S2. The second-order valence-corrected chi connectivity index (χ2v) is 6.78. The maximum Gasteiger partial charge on any atom is 0.255 e. The van der Waals surface area contributed by atoms with E-state index in [-0.39, 0.29) is 12.0 Å². The number of carbonyl (C=O) groups is 1. The van der Waals surface area contributed by atoms with Crippen LogP contribution in [-0.2, 0) is 5.75 Å². The van der Waals surface area contributed by atoms with Gasteiger partial charge in [0.25, 0.3) is 5.91 Å². The molecule has 2 aromatic rings. The van der Waals surface area contributed by atoms with Crippen LogP contribution >= 0.6 is 23.1 Å². The number of nitrogens with zero attached hydrogens (tertiary/aromatic N) is 1. The van der Waals surface area contributed by atoms with Crippen molar-refractivity contribution in [1.29, 1.82) is 0 Å². The zero-order chi connectivity index (χ0) is 13.9. The van der Waals surface area contributed by atoms with Crippen molar-refractivity contribution in [2.24, 2.45) is 0 Å². The van der Waals surface area contributed by atoms with E-state index in [0.717, 1.165) is 16.2 Å². The Kier molecular flexibility index (Phi) is 4.10. The molecule has 1 saturated heterocycles. The fraction of sp³-hybridized carbons (Fsp3) is 0.267. The molecule has 1 amide bonds. The minimum Gasteiger partial charge on any atom is -0.389 e. The third kappa shape index (κ3) is 2.90. The summed E-state index contributed by atoms with van der Waals surface area (Å²) in [7, 11) is 0. The second-order valence-electron chi connectivity index (χ2n) is 4.73. The van der Waals surface area contributed by atoms with Gasteiger partial charge in [0.05, 0.1) is 11.7 Å². The summed E-state index contributed by atoms with van der Waals surface area (Å²) >= 11 is 3.42. The summed E-state index contributed by atoms with van der Waals surface area (Å²) in [5.74, 6) is 0.898. The molecule has 0 atom stereocenters. The van der Waals surface area contributed by atoms with Crippen molar-refractivity contribution in [1.82, 2.24) is 4.90 Å². The van der Waals surface area contributed by atoms with Crippen LogP contribution < -0.4 is 0 Å². The van der Waals surface area contributed by atoms with E-state index >= 15 is 0 Å². The topological polar surface area (TPSA) is 40.5 Å². The Labute approximate surface area is 126 Å². The van der Waals surface area contributed by atoms with E-state index in [1.807, 2.05) is 30.3 Å². The van der Waals surface area contributed by atoms with Gasteiger partial charge in [0.15, 0.2) is 0 Å². The van der Waals surface area contributed by atoms with Gasteiger partial charge < -0.3 is 10.0 Å². The third-order valence-electron chi connectivity index (χ3n) is 3.22. The Balaban J connectivity index is 1.72. The summed E-state index contributed by atoms with van der Waals surface area (Å²) in [6.45, 7) is 0.894. The Morgan fingerprint density at radius 2 is 2.10 bits per heavy atom. The first-order valence-corrected chi connectivity index (χ1v) is 8.32. The zero-order valence-electron chi connectivity index (χ0n) is 10.9. The Bertz CT molecular complexity index is 592. The van der Waals surface area contributed by atoms with Crippen molar-refractivity contribution in [3.63, 3.8) is 0 Å². The van der Waals surface area contributed by atoms with Crippen LogP contribution in [-0.4, -0.2) is 35.1 Å². The molecule has 0 saturated carbocycles. The van der Waals surface area contributed by atoms with Gasteiger partial charge in [0.2, 0.25) is 0 Å². The van der Waals surface area contributed by atoms with Gasteiger partial charge in [-0.15, -0.1) is 23.1 Å². The number of thiophene rings is 1. The van der Waals surface area contributed by atoms with Gasteiger partial charge in [-0.1, -0.05) is 18.2 Å². The van der Waals surface area contributed by atoms with Gasteiger partial charge in [0, 0.05) is 28.6 Å². The highest BCUT2D eigenvalue weighted by molar-refractivity contribution is 7.98. The summed E-state index contributed by atoms with van der Waals surface area (Å²) in [5, 5.41) is 11.4. The number of hydrogen-bond donors (Lipinski definition) is 1. The summed E-state index contributed by atoms with van der Waals surface area (Å²) < 4.78 is 0. The minimum absolute atomic E-state index is 0.0181. The van der Waals surface area contributed by atoms with Crippen molar-refractivity contribution in [2.75, 3.05) is 13.1 Å². The summed E-state index contributed by atoms with van der Waals surface area (Å²) in [4.78, 5) is 16.4. The molecular weight excluding hydrogens is 290 g/mol. The van der Waals surface area contributed by atoms with E-state index in [9.17, 15) is 9.90 Å². The molecule has 1 aromatic heterocycles. The van der Waals surface area contributed by atoms with Gasteiger partial charge >= 0.3 is 0 Å². The van der Waals surface area contributed by atoms with Crippen molar-refractivity contribution in [3.8, 4) is 0 Å². The molecule has 1 aromatic carbocycles. The van der Waals surface area contributed by atoms with E-state index in [2.05, 4.69) is 11.4 Å². The van der Waals surface area contributed by atoms with Crippen LogP contribution in [0.4, 0.5) is 0 Å². The molecule has 20 heavy (non-hydrogen) atoms. The third-order valence-corrected chi connectivity index (χ3v) is 5.40. The van der Waals surface area contributed by atoms with Gasteiger partial charge in [0.1, 0.15) is 0 Å². The number of hydrogen-bond acceptors (Lipinski definition) is 4. The predicted octanol–water partition coefficient (Wildman–Crippen LogP) is 2.86. The van der Waals surface area contributed by atoms with Crippen molar-refractivity contribution in [2.45, 2.75) is 16.8 Å². The number of amides is 1. The highest BCUT2D eigenvalue weighted by Crippen LogP contribution is 2.29. The predicted molar refractivity (Wildman–Crippen MR) is 82.2 cm³/mol.